The topological polar surface area (TPSA) is 75.7 Å². The van der Waals surface area contributed by atoms with Gasteiger partial charge in [-0.3, -0.25) is 9.10 Å². The fourth-order valence-electron chi connectivity index (χ4n) is 3.16. The molecule has 32 heavy (non-hydrogen) atoms. The molecule has 0 bridgehead atoms. The van der Waals surface area contributed by atoms with Crippen LogP contribution in [0.4, 0.5) is 11.4 Å². The molecule has 0 aliphatic rings. The summed E-state index contributed by atoms with van der Waals surface area (Å²) in [6, 6.07) is 20.0. The lowest BCUT2D eigenvalue weighted by Crippen LogP contribution is -2.38. The van der Waals surface area contributed by atoms with E-state index in [4.69, 9.17) is 16.3 Å². The lowest BCUT2D eigenvalue weighted by molar-refractivity contribution is -0.114. The Kier molecular flexibility index (Phi) is 7.43. The van der Waals surface area contributed by atoms with E-state index in [9.17, 15) is 13.2 Å². The molecule has 0 aliphatic carbocycles. The Bertz CT molecular complexity index is 1180. The highest BCUT2D eigenvalue weighted by Gasteiger charge is 2.29. The molecule has 0 unspecified atom stereocenters. The predicted molar refractivity (Wildman–Crippen MR) is 128 cm³/mol. The second-order valence-electron chi connectivity index (χ2n) is 7.47. The lowest BCUT2D eigenvalue weighted by Gasteiger charge is -2.26. The van der Waals surface area contributed by atoms with E-state index >= 15 is 0 Å². The van der Waals surface area contributed by atoms with E-state index in [0.29, 0.717) is 16.6 Å². The van der Waals surface area contributed by atoms with E-state index in [1.54, 1.807) is 42.5 Å². The zero-order valence-corrected chi connectivity index (χ0v) is 19.7. The Hall–Kier alpha value is -3.03. The van der Waals surface area contributed by atoms with E-state index in [1.165, 1.54) is 25.3 Å². The number of sulfonamides is 1. The van der Waals surface area contributed by atoms with Gasteiger partial charge in [-0.15, -0.1) is 0 Å². The SMILES string of the molecule is COc1ccc(Cl)cc1N(CC(=O)Nc1ccc(C(C)C)cc1)S(=O)(=O)c1ccccc1. The molecular weight excluding hydrogens is 448 g/mol. The lowest BCUT2D eigenvalue weighted by atomic mass is 10.0. The third-order valence-corrected chi connectivity index (χ3v) is 6.90. The van der Waals surface area contributed by atoms with E-state index in [-0.39, 0.29) is 16.3 Å². The number of nitrogens with one attached hydrogen (secondary N) is 1. The van der Waals surface area contributed by atoms with Crippen LogP contribution in [-0.2, 0) is 14.8 Å². The van der Waals surface area contributed by atoms with Gasteiger partial charge in [0.25, 0.3) is 10.0 Å². The van der Waals surface area contributed by atoms with Gasteiger partial charge in [-0.05, 0) is 53.9 Å². The first-order valence-corrected chi connectivity index (χ1v) is 11.9. The number of ether oxygens (including phenoxy) is 1. The maximum Gasteiger partial charge on any atom is 0.264 e. The molecule has 0 saturated carbocycles. The van der Waals surface area contributed by atoms with E-state index in [1.807, 2.05) is 12.1 Å². The molecule has 0 aliphatic heterocycles. The highest BCUT2D eigenvalue weighted by atomic mass is 35.5. The average Bonchev–Trinajstić information content (AvgIpc) is 2.78. The molecule has 8 heteroatoms. The minimum absolute atomic E-state index is 0.0520. The summed E-state index contributed by atoms with van der Waals surface area (Å²) in [5.74, 6) is 0.147. The number of hydrogen-bond acceptors (Lipinski definition) is 4. The van der Waals surface area contributed by atoms with Crippen molar-refractivity contribution in [1.29, 1.82) is 0 Å². The van der Waals surface area contributed by atoms with Crippen LogP contribution >= 0.6 is 11.6 Å². The summed E-state index contributed by atoms with van der Waals surface area (Å²) in [4.78, 5) is 12.9. The van der Waals surface area contributed by atoms with Crippen molar-refractivity contribution in [3.8, 4) is 5.75 Å². The van der Waals surface area contributed by atoms with Crippen molar-refractivity contribution < 1.29 is 17.9 Å². The third-order valence-electron chi connectivity index (χ3n) is 4.89. The van der Waals surface area contributed by atoms with Crippen molar-refractivity contribution in [2.75, 3.05) is 23.3 Å². The summed E-state index contributed by atoms with van der Waals surface area (Å²) < 4.78 is 33.3. The quantitative estimate of drug-likeness (QED) is 0.482. The van der Waals surface area contributed by atoms with Crippen LogP contribution in [0.5, 0.6) is 5.75 Å². The highest BCUT2D eigenvalue weighted by molar-refractivity contribution is 7.92. The minimum atomic E-state index is -4.07. The molecule has 3 rings (SSSR count). The second kappa shape index (κ2) is 10.1. The fraction of sp³-hybridized carbons (Fsp3) is 0.208. The van der Waals surface area contributed by atoms with Crippen LogP contribution in [0.2, 0.25) is 5.02 Å². The summed E-state index contributed by atoms with van der Waals surface area (Å²) in [5, 5.41) is 3.08. The van der Waals surface area contributed by atoms with Crippen LogP contribution in [0.25, 0.3) is 0 Å². The van der Waals surface area contributed by atoms with Gasteiger partial charge in [-0.2, -0.15) is 0 Å². The molecule has 0 atom stereocenters. The van der Waals surface area contributed by atoms with Crippen LogP contribution in [0, 0.1) is 0 Å². The van der Waals surface area contributed by atoms with Gasteiger partial charge >= 0.3 is 0 Å². The molecule has 0 heterocycles. The Balaban J connectivity index is 1.96. The molecule has 3 aromatic carbocycles. The molecule has 1 N–H and O–H groups in total. The van der Waals surface area contributed by atoms with Crippen molar-refractivity contribution in [3.63, 3.8) is 0 Å². The smallest absolute Gasteiger partial charge is 0.264 e. The molecule has 0 saturated heterocycles. The standard InChI is InChI=1S/C24H25ClN2O4S/c1-17(2)18-9-12-20(13-10-18)26-24(28)16-27(22-15-19(25)11-14-23(22)31-3)32(29,30)21-7-5-4-6-8-21/h4-15,17H,16H2,1-3H3,(H,26,28). The van der Waals surface area contributed by atoms with Gasteiger partial charge in [0, 0.05) is 10.7 Å². The minimum Gasteiger partial charge on any atom is -0.495 e. The molecule has 0 aromatic heterocycles. The van der Waals surface area contributed by atoms with Crippen molar-refractivity contribution in [3.05, 3.63) is 83.4 Å². The third kappa shape index (κ3) is 5.41. The number of anilines is 2. The van der Waals surface area contributed by atoms with Crippen LogP contribution in [0.1, 0.15) is 25.3 Å². The second-order valence-corrected chi connectivity index (χ2v) is 9.76. The average molecular weight is 473 g/mol. The van der Waals surface area contributed by atoms with Crippen molar-refractivity contribution in [1.82, 2.24) is 0 Å². The first kappa shape index (κ1) is 23.6. The maximum atomic E-state index is 13.5. The molecule has 0 fully saturated rings. The first-order chi connectivity index (χ1) is 15.2. The zero-order chi connectivity index (χ0) is 23.3. The molecular formula is C24H25ClN2O4S. The van der Waals surface area contributed by atoms with Gasteiger partial charge in [-0.1, -0.05) is 55.8 Å². The molecule has 0 spiro atoms. The number of hydrogen-bond donors (Lipinski definition) is 1. The van der Waals surface area contributed by atoms with E-state index < -0.39 is 22.5 Å². The summed E-state index contributed by atoms with van der Waals surface area (Å²) in [6.45, 7) is 3.70. The molecule has 6 nitrogen and oxygen atoms in total. The monoisotopic (exact) mass is 472 g/mol. The summed E-state index contributed by atoms with van der Waals surface area (Å²) >= 11 is 6.14. The van der Waals surface area contributed by atoms with Crippen molar-refractivity contribution in [2.24, 2.45) is 0 Å². The van der Waals surface area contributed by atoms with Gasteiger partial charge in [0.05, 0.1) is 17.7 Å². The number of carbonyl (C=O) groups excluding carboxylic acids is 1. The van der Waals surface area contributed by atoms with Gasteiger partial charge in [0.1, 0.15) is 12.3 Å². The van der Waals surface area contributed by atoms with Gasteiger partial charge in [0.2, 0.25) is 5.91 Å². The fourth-order valence-corrected chi connectivity index (χ4v) is 4.77. The van der Waals surface area contributed by atoms with Gasteiger partial charge in [-0.25, -0.2) is 8.42 Å². The molecule has 168 valence electrons. The Morgan fingerprint density at radius 2 is 1.69 bits per heavy atom. The van der Waals surface area contributed by atoms with Gasteiger partial charge in [0.15, 0.2) is 0 Å². The molecule has 3 aromatic rings. The van der Waals surface area contributed by atoms with E-state index in [2.05, 4.69) is 19.2 Å². The Morgan fingerprint density at radius 3 is 2.28 bits per heavy atom. The molecule has 0 radical (unpaired) electrons. The summed E-state index contributed by atoms with van der Waals surface area (Å²) in [5.41, 5.74) is 1.89. The van der Waals surface area contributed by atoms with Crippen LogP contribution in [-0.4, -0.2) is 28.0 Å². The van der Waals surface area contributed by atoms with Gasteiger partial charge < -0.3 is 10.1 Å². The first-order valence-electron chi connectivity index (χ1n) is 10.0. The number of rotatable bonds is 8. The zero-order valence-electron chi connectivity index (χ0n) is 18.1. The van der Waals surface area contributed by atoms with E-state index in [0.717, 1.165) is 9.87 Å². The normalized spacial score (nSPS) is 11.3. The Morgan fingerprint density at radius 1 is 1.03 bits per heavy atom. The summed E-state index contributed by atoms with van der Waals surface area (Å²) in [6.07, 6.45) is 0. The van der Waals surface area contributed by atoms with Crippen molar-refractivity contribution >= 4 is 38.9 Å². The number of amides is 1. The highest BCUT2D eigenvalue weighted by Crippen LogP contribution is 2.34. The largest absolute Gasteiger partial charge is 0.495 e. The maximum absolute atomic E-state index is 13.5. The number of nitrogens with zero attached hydrogens (tertiary/aromatic N) is 1. The van der Waals surface area contributed by atoms with Crippen LogP contribution < -0.4 is 14.4 Å². The predicted octanol–water partition coefficient (Wildman–Crippen LogP) is 5.31. The number of methoxy groups -OCH3 is 1. The number of benzene rings is 3. The Labute approximate surface area is 193 Å². The van der Waals surface area contributed by atoms with Crippen LogP contribution in [0.15, 0.2) is 77.7 Å². The van der Waals surface area contributed by atoms with Crippen molar-refractivity contribution in [2.45, 2.75) is 24.7 Å². The van der Waals surface area contributed by atoms with Crippen LogP contribution in [0.3, 0.4) is 0 Å². The number of halogens is 1. The molecule has 1 amide bonds. The number of carbonyl (C=O) groups is 1. The summed E-state index contributed by atoms with van der Waals surface area (Å²) in [7, 11) is -2.65.